The average Bonchev–Trinajstić information content (AvgIpc) is 3.11. The van der Waals surface area contributed by atoms with Crippen molar-refractivity contribution in [3.8, 4) is 5.75 Å². The molecule has 1 N–H and O–H groups in total. The summed E-state index contributed by atoms with van der Waals surface area (Å²) in [5, 5.41) is 2.73. The molecular weight excluding hydrogens is 358 g/mol. The van der Waals surface area contributed by atoms with Gasteiger partial charge in [-0.15, -0.1) is 0 Å². The quantitative estimate of drug-likeness (QED) is 0.811. The number of sulfonamides is 1. The number of nitrogens with zero attached hydrogens (tertiary/aromatic N) is 2. The van der Waals surface area contributed by atoms with Gasteiger partial charge < -0.3 is 10.1 Å². The number of hydrogen-bond donors (Lipinski definition) is 1. The zero-order valence-corrected chi connectivity index (χ0v) is 15.7. The fourth-order valence-electron chi connectivity index (χ4n) is 3.10. The zero-order valence-electron chi connectivity index (χ0n) is 14.9. The summed E-state index contributed by atoms with van der Waals surface area (Å²) in [5.74, 6) is -0.302. The molecule has 8 nitrogen and oxygen atoms in total. The Morgan fingerprint density at radius 2 is 1.96 bits per heavy atom. The molecule has 1 fully saturated rings. The molecule has 2 aliphatic rings. The van der Waals surface area contributed by atoms with Crippen LogP contribution in [-0.2, 0) is 19.6 Å². The van der Waals surface area contributed by atoms with Crippen molar-refractivity contribution < 1.29 is 22.7 Å². The zero-order chi connectivity index (χ0) is 18.9. The molecule has 1 aromatic carbocycles. The summed E-state index contributed by atoms with van der Waals surface area (Å²) in [6, 6.07) is 4.38. The Morgan fingerprint density at radius 3 is 2.62 bits per heavy atom. The van der Waals surface area contributed by atoms with E-state index in [2.05, 4.69) is 5.32 Å². The van der Waals surface area contributed by atoms with E-state index in [0.29, 0.717) is 24.5 Å². The standard InChI is InChI=1S/C17H23N3O5S/c1-12(2)18-16(21)10-20-14-9-13(5-6-15(14)25-11-17(20)22)26(23,24)19-7-3-4-8-19/h5-6,9,12H,3-4,7-8,10-11H2,1-2H3,(H,18,21). The van der Waals surface area contributed by atoms with E-state index in [0.717, 1.165) is 12.8 Å². The number of carbonyl (C=O) groups excluding carboxylic acids is 2. The van der Waals surface area contributed by atoms with Crippen LogP contribution in [0.3, 0.4) is 0 Å². The number of ether oxygens (including phenoxy) is 1. The molecule has 1 aromatic rings. The van der Waals surface area contributed by atoms with E-state index in [1.54, 1.807) is 0 Å². The third-order valence-corrected chi connectivity index (χ3v) is 6.22. The Kier molecular flexibility index (Phi) is 5.19. The van der Waals surface area contributed by atoms with Crippen molar-refractivity contribution in [1.29, 1.82) is 0 Å². The van der Waals surface area contributed by atoms with Crippen molar-refractivity contribution in [2.24, 2.45) is 0 Å². The highest BCUT2D eigenvalue weighted by Crippen LogP contribution is 2.35. The number of fused-ring (bicyclic) bond motifs is 1. The smallest absolute Gasteiger partial charge is 0.265 e. The number of carbonyl (C=O) groups is 2. The lowest BCUT2D eigenvalue weighted by atomic mass is 10.2. The summed E-state index contributed by atoms with van der Waals surface area (Å²) in [7, 11) is -3.62. The normalized spacial score (nSPS) is 18.0. The monoisotopic (exact) mass is 381 g/mol. The van der Waals surface area contributed by atoms with Gasteiger partial charge in [0, 0.05) is 19.1 Å². The minimum absolute atomic E-state index is 0.0556. The molecular formula is C17H23N3O5S. The molecule has 1 saturated heterocycles. The van der Waals surface area contributed by atoms with Gasteiger partial charge in [-0.05, 0) is 44.9 Å². The highest BCUT2D eigenvalue weighted by molar-refractivity contribution is 7.89. The molecule has 0 saturated carbocycles. The van der Waals surface area contributed by atoms with Crippen LogP contribution in [0.1, 0.15) is 26.7 Å². The third-order valence-electron chi connectivity index (χ3n) is 4.33. The summed E-state index contributed by atoms with van der Waals surface area (Å²) in [6.45, 7) is 4.28. The molecule has 2 amide bonds. The van der Waals surface area contributed by atoms with Crippen LogP contribution in [0.5, 0.6) is 5.75 Å². The van der Waals surface area contributed by atoms with E-state index in [-0.39, 0.29) is 35.9 Å². The molecule has 9 heteroatoms. The van der Waals surface area contributed by atoms with E-state index in [1.165, 1.54) is 27.4 Å². The molecule has 0 bridgehead atoms. The van der Waals surface area contributed by atoms with Gasteiger partial charge in [0.15, 0.2) is 6.61 Å². The molecule has 0 aromatic heterocycles. The predicted molar refractivity (Wildman–Crippen MR) is 95.6 cm³/mol. The first-order valence-corrected chi connectivity index (χ1v) is 10.1. The Bertz CT molecular complexity index is 816. The van der Waals surface area contributed by atoms with Crippen molar-refractivity contribution in [1.82, 2.24) is 9.62 Å². The average molecular weight is 381 g/mol. The number of hydrogen-bond acceptors (Lipinski definition) is 5. The van der Waals surface area contributed by atoms with Crippen molar-refractivity contribution in [2.45, 2.75) is 37.6 Å². The highest BCUT2D eigenvalue weighted by atomic mass is 32.2. The summed E-state index contributed by atoms with van der Waals surface area (Å²) >= 11 is 0. The van der Waals surface area contributed by atoms with Crippen LogP contribution >= 0.6 is 0 Å². The number of nitrogens with one attached hydrogen (secondary N) is 1. The number of amides is 2. The molecule has 0 spiro atoms. The van der Waals surface area contributed by atoms with E-state index >= 15 is 0 Å². The first kappa shape index (κ1) is 18.7. The lowest BCUT2D eigenvalue weighted by Crippen LogP contribution is -2.46. The molecule has 142 valence electrons. The Morgan fingerprint density at radius 1 is 1.27 bits per heavy atom. The van der Waals surface area contributed by atoms with Crippen LogP contribution in [0.25, 0.3) is 0 Å². The maximum absolute atomic E-state index is 12.8. The van der Waals surface area contributed by atoms with Crippen molar-refractivity contribution in [3.05, 3.63) is 18.2 Å². The van der Waals surface area contributed by atoms with Crippen LogP contribution in [0.15, 0.2) is 23.1 Å². The van der Waals surface area contributed by atoms with Gasteiger partial charge in [0.25, 0.3) is 5.91 Å². The Labute approximate surface area is 153 Å². The molecule has 3 rings (SSSR count). The molecule has 0 radical (unpaired) electrons. The van der Waals surface area contributed by atoms with Gasteiger partial charge in [-0.3, -0.25) is 14.5 Å². The van der Waals surface area contributed by atoms with E-state index in [4.69, 9.17) is 4.74 Å². The summed E-state index contributed by atoms with van der Waals surface area (Å²) in [4.78, 5) is 25.7. The Hall–Kier alpha value is -2.13. The highest BCUT2D eigenvalue weighted by Gasteiger charge is 2.32. The Balaban J connectivity index is 1.92. The van der Waals surface area contributed by atoms with Gasteiger partial charge in [-0.1, -0.05) is 0 Å². The van der Waals surface area contributed by atoms with Gasteiger partial charge in [0.1, 0.15) is 12.3 Å². The van der Waals surface area contributed by atoms with Crippen molar-refractivity contribution >= 4 is 27.5 Å². The van der Waals surface area contributed by atoms with E-state index in [9.17, 15) is 18.0 Å². The third kappa shape index (κ3) is 3.68. The van der Waals surface area contributed by atoms with E-state index < -0.39 is 10.0 Å². The van der Waals surface area contributed by atoms with Crippen LogP contribution in [-0.4, -0.2) is 56.8 Å². The van der Waals surface area contributed by atoms with Crippen LogP contribution in [0.4, 0.5) is 5.69 Å². The van der Waals surface area contributed by atoms with Gasteiger partial charge in [0.05, 0.1) is 10.6 Å². The number of anilines is 1. The van der Waals surface area contributed by atoms with Gasteiger partial charge >= 0.3 is 0 Å². The maximum Gasteiger partial charge on any atom is 0.265 e. The molecule has 2 heterocycles. The fourth-order valence-corrected chi connectivity index (χ4v) is 4.64. The SMILES string of the molecule is CC(C)NC(=O)CN1C(=O)COc2ccc(S(=O)(=O)N3CCCC3)cc21. The second-order valence-corrected chi connectivity index (χ2v) is 8.67. The summed E-state index contributed by atoms with van der Waals surface area (Å²) < 4.78 is 32.4. The lowest BCUT2D eigenvalue weighted by Gasteiger charge is -2.29. The van der Waals surface area contributed by atoms with E-state index in [1.807, 2.05) is 13.8 Å². The molecule has 0 atom stereocenters. The summed E-state index contributed by atoms with van der Waals surface area (Å²) in [5.41, 5.74) is 0.306. The van der Waals surface area contributed by atoms with Crippen molar-refractivity contribution in [3.63, 3.8) is 0 Å². The van der Waals surface area contributed by atoms with Crippen molar-refractivity contribution in [2.75, 3.05) is 31.1 Å². The molecule has 0 unspecified atom stereocenters. The fraction of sp³-hybridized carbons (Fsp3) is 0.529. The van der Waals surface area contributed by atoms with Gasteiger partial charge in [0.2, 0.25) is 15.9 Å². The minimum Gasteiger partial charge on any atom is -0.482 e. The minimum atomic E-state index is -3.62. The van der Waals surface area contributed by atoms with Gasteiger partial charge in [-0.25, -0.2) is 8.42 Å². The number of rotatable bonds is 5. The van der Waals surface area contributed by atoms with Crippen LogP contribution in [0, 0.1) is 0 Å². The topological polar surface area (TPSA) is 96.0 Å². The van der Waals surface area contributed by atoms with Gasteiger partial charge in [-0.2, -0.15) is 4.31 Å². The van der Waals surface area contributed by atoms with Crippen LogP contribution in [0.2, 0.25) is 0 Å². The largest absolute Gasteiger partial charge is 0.482 e. The predicted octanol–water partition coefficient (Wildman–Crippen LogP) is 0.721. The molecule has 0 aliphatic carbocycles. The maximum atomic E-state index is 12.8. The first-order chi connectivity index (χ1) is 12.3. The lowest BCUT2D eigenvalue weighted by molar-refractivity contribution is -0.125. The molecule has 2 aliphatic heterocycles. The second-order valence-electron chi connectivity index (χ2n) is 6.73. The van der Waals surface area contributed by atoms with Crippen LogP contribution < -0.4 is 15.0 Å². The number of benzene rings is 1. The second kappa shape index (κ2) is 7.24. The molecule has 26 heavy (non-hydrogen) atoms. The summed E-state index contributed by atoms with van der Waals surface area (Å²) in [6.07, 6.45) is 1.68. The first-order valence-electron chi connectivity index (χ1n) is 8.66.